The largest absolute Gasteiger partial charge is 0.330 e. The van der Waals surface area contributed by atoms with Crippen molar-refractivity contribution < 1.29 is 4.39 Å². The lowest BCUT2D eigenvalue weighted by atomic mass is 10.1. The van der Waals surface area contributed by atoms with Crippen molar-refractivity contribution in [2.45, 2.75) is 26.2 Å². The summed E-state index contributed by atoms with van der Waals surface area (Å²) in [6.07, 6.45) is 2.54. The molecule has 1 aromatic carbocycles. The third kappa shape index (κ3) is 2.96. The van der Waals surface area contributed by atoms with Crippen LogP contribution < -0.4 is 5.73 Å². The number of rotatable bonds is 4. The first-order valence-electron chi connectivity index (χ1n) is 4.79. The molecule has 14 heavy (non-hydrogen) atoms. The van der Waals surface area contributed by atoms with E-state index in [1.165, 1.54) is 6.07 Å². The highest BCUT2D eigenvalue weighted by Crippen LogP contribution is 2.21. The molecule has 0 bridgehead atoms. The van der Waals surface area contributed by atoms with Gasteiger partial charge in [0.2, 0.25) is 0 Å². The Labute approximate surface area is 89.1 Å². The quantitative estimate of drug-likeness (QED) is 0.768. The van der Waals surface area contributed by atoms with E-state index < -0.39 is 0 Å². The summed E-state index contributed by atoms with van der Waals surface area (Å²) in [5, 5.41) is 0.633. The zero-order valence-corrected chi connectivity index (χ0v) is 9.07. The Bertz CT molecular complexity index is 312. The molecule has 0 amide bonds. The van der Waals surface area contributed by atoms with Crippen molar-refractivity contribution in [3.05, 3.63) is 34.1 Å². The van der Waals surface area contributed by atoms with Gasteiger partial charge in [-0.25, -0.2) is 4.39 Å². The molecule has 0 saturated heterocycles. The number of benzene rings is 1. The second-order valence-corrected chi connectivity index (χ2v) is 3.85. The number of halogens is 2. The second-order valence-electron chi connectivity index (χ2n) is 3.44. The average Bonchev–Trinajstić information content (AvgIpc) is 2.14. The van der Waals surface area contributed by atoms with Gasteiger partial charge in [-0.15, -0.1) is 0 Å². The van der Waals surface area contributed by atoms with Crippen LogP contribution in [0.15, 0.2) is 12.1 Å². The number of nitrogens with two attached hydrogens (primary N) is 1. The van der Waals surface area contributed by atoms with Crippen molar-refractivity contribution in [1.82, 2.24) is 0 Å². The zero-order valence-electron chi connectivity index (χ0n) is 8.32. The molecular weight excluding hydrogens is 201 g/mol. The molecule has 0 fully saturated rings. The fourth-order valence-corrected chi connectivity index (χ4v) is 1.53. The van der Waals surface area contributed by atoms with E-state index >= 15 is 0 Å². The van der Waals surface area contributed by atoms with Gasteiger partial charge in [0.15, 0.2) is 0 Å². The van der Waals surface area contributed by atoms with Gasteiger partial charge >= 0.3 is 0 Å². The highest BCUT2D eigenvalue weighted by molar-refractivity contribution is 6.31. The normalized spacial score (nSPS) is 10.6. The van der Waals surface area contributed by atoms with Crippen LogP contribution in [0.5, 0.6) is 0 Å². The minimum absolute atomic E-state index is 0.163. The van der Waals surface area contributed by atoms with Crippen molar-refractivity contribution in [3.8, 4) is 0 Å². The van der Waals surface area contributed by atoms with Crippen LogP contribution in [-0.2, 0) is 6.42 Å². The first kappa shape index (κ1) is 11.5. The van der Waals surface area contributed by atoms with Crippen molar-refractivity contribution in [2.75, 3.05) is 6.54 Å². The van der Waals surface area contributed by atoms with Crippen LogP contribution in [-0.4, -0.2) is 6.54 Å². The molecule has 0 atom stereocenters. The van der Waals surface area contributed by atoms with Gasteiger partial charge in [-0.2, -0.15) is 0 Å². The van der Waals surface area contributed by atoms with Gasteiger partial charge in [0, 0.05) is 5.02 Å². The molecule has 0 heterocycles. The lowest BCUT2D eigenvalue weighted by Crippen LogP contribution is -2.00. The van der Waals surface area contributed by atoms with Crippen LogP contribution in [0, 0.1) is 12.7 Å². The maximum absolute atomic E-state index is 13.4. The Morgan fingerprint density at radius 1 is 1.36 bits per heavy atom. The fraction of sp³-hybridized carbons (Fsp3) is 0.455. The van der Waals surface area contributed by atoms with Gasteiger partial charge in [0.25, 0.3) is 0 Å². The Morgan fingerprint density at radius 2 is 2.07 bits per heavy atom. The first-order valence-corrected chi connectivity index (χ1v) is 5.17. The fourth-order valence-electron chi connectivity index (χ4n) is 1.34. The predicted octanol–water partition coefficient (Wildman–Crippen LogP) is 3.07. The van der Waals surface area contributed by atoms with Crippen molar-refractivity contribution in [1.29, 1.82) is 0 Å². The molecule has 0 aliphatic heterocycles. The van der Waals surface area contributed by atoms with Crippen LogP contribution in [0.1, 0.15) is 24.0 Å². The van der Waals surface area contributed by atoms with Crippen molar-refractivity contribution >= 4 is 11.6 Å². The van der Waals surface area contributed by atoms with E-state index in [1.807, 2.05) is 0 Å². The Hall–Kier alpha value is -0.600. The van der Waals surface area contributed by atoms with Crippen LogP contribution in [0.2, 0.25) is 5.02 Å². The molecule has 78 valence electrons. The van der Waals surface area contributed by atoms with Gasteiger partial charge in [0.05, 0.1) is 0 Å². The third-order valence-corrected chi connectivity index (χ3v) is 2.64. The summed E-state index contributed by atoms with van der Waals surface area (Å²) in [6, 6.07) is 3.20. The molecule has 1 rings (SSSR count). The van der Waals surface area contributed by atoms with Gasteiger partial charge in [-0.3, -0.25) is 0 Å². The lowest BCUT2D eigenvalue weighted by Gasteiger charge is -2.05. The molecule has 0 aliphatic carbocycles. The van der Waals surface area contributed by atoms with E-state index in [4.69, 9.17) is 17.3 Å². The highest BCUT2D eigenvalue weighted by Gasteiger charge is 2.05. The highest BCUT2D eigenvalue weighted by atomic mass is 35.5. The van der Waals surface area contributed by atoms with Crippen LogP contribution in [0.25, 0.3) is 0 Å². The Balaban J connectivity index is 2.72. The third-order valence-electron chi connectivity index (χ3n) is 2.23. The van der Waals surface area contributed by atoms with Gasteiger partial charge in [-0.05, 0) is 56.0 Å². The lowest BCUT2D eigenvalue weighted by molar-refractivity contribution is 0.600. The molecule has 0 radical (unpaired) electrons. The summed E-state index contributed by atoms with van der Waals surface area (Å²) in [5.41, 5.74) is 6.84. The number of aryl methyl sites for hydroxylation is 2. The summed E-state index contributed by atoms with van der Waals surface area (Å²) >= 11 is 5.91. The number of hydrogen-bond donors (Lipinski definition) is 1. The molecule has 0 unspecified atom stereocenters. The minimum atomic E-state index is -0.163. The molecule has 0 aromatic heterocycles. The minimum Gasteiger partial charge on any atom is -0.330 e. The van der Waals surface area contributed by atoms with Crippen LogP contribution in [0.3, 0.4) is 0 Å². The van der Waals surface area contributed by atoms with E-state index in [2.05, 4.69) is 0 Å². The van der Waals surface area contributed by atoms with Crippen LogP contribution in [0.4, 0.5) is 4.39 Å². The van der Waals surface area contributed by atoms with Crippen LogP contribution >= 0.6 is 11.6 Å². The van der Waals surface area contributed by atoms with E-state index in [9.17, 15) is 4.39 Å². The summed E-state index contributed by atoms with van der Waals surface area (Å²) < 4.78 is 13.4. The standard InChI is InChI=1S/C11H15ClFN/c1-8-6-11(13)9(7-10(8)12)4-2-3-5-14/h6-7H,2-5,14H2,1H3. The topological polar surface area (TPSA) is 26.0 Å². The van der Waals surface area contributed by atoms with E-state index in [0.717, 1.165) is 18.4 Å². The van der Waals surface area contributed by atoms with Gasteiger partial charge < -0.3 is 5.73 Å². The monoisotopic (exact) mass is 215 g/mol. The molecule has 0 aliphatic rings. The predicted molar refractivity (Wildman–Crippen MR) is 58.1 cm³/mol. The summed E-state index contributed by atoms with van der Waals surface area (Å²) in [6.45, 7) is 2.45. The number of hydrogen-bond acceptors (Lipinski definition) is 1. The SMILES string of the molecule is Cc1cc(F)c(CCCCN)cc1Cl. The smallest absolute Gasteiger partial charge is 0.126 e. The Kier molecular flexibility index (Phi) is 4.36. The van der Waals surface area contributed by atoms with Crippen molar-refractivity contribution in [3.63, 3.8) is 0 Å². The molecule has 1 nitrogen and oxygen atoms in total. The molecule has 0 spiro atoms. The number of unbranched alkanes of at least 4 members (excludes halogenated alkanes) is 1. The van der Waals surface area contributed by atoms with Gasteiger partial charge in [-0.1, -0.05) is 11.6 Å². The maximum Gasteiger partial charge on any atom is 0.126 e. The molecule has 1 aromatic rings. The molecule has 2 N–H and O–H groups in total. The summed E-state index contributed by atoms with van der Waals surface area (Å²) in [7, 11) is 0. The summed E-state index contributed by atoms with van der Waals surface area (Å²) in [5.74, 6) is -0.163. The second kappa shape index (κ2) is 5.32. The Morgan fingerprint density at radius 3 is 2.71 bits per heavy atom. The average molecular weight is 216 g/mol. The van der Waals surface area contributed by atoms with E-state index in [-0.39, 0.29) is 5.82 Å². The first-order chi connectivity index (χ1) is 6.65. The summed E-state index contributed by atoms with van der Waals surface area (Å²) in [4.78, 5) is 0. The van der Waals surface area contributed by atoms with Gasteiger partial charge in [0.1, 0.15) is 5.82 Å². The van der Waals surface area contributed by atoms with E-state index in [1.54, 1.807) is 13.0 Å². The molecular formula is C11H15ClFN. The van der Waals surface area contributed by atoms with E-state index in [0.29, 0.717) is 23.6 Å². The molecule has 0 saturated carbocycles. The molecule has 3 heteroatoms. The van der Waals surface area contributed by atoms with Crippen molar-refractivity contribution in [2.24, 2.45) is 5.73 Å². The zero-order chi connectivity index (χ0) is 10.6. The maximum atomic E-state index is 13.4.